The molecular formula is C76H82N8O. The first-order valence-corrected chi connectivity index (χ1v) is 31.6. The number of hydrogen-bond donors (Lipinski definition) is 4. The minimum absolute atomic E-state index is 0.0751. The van der Waals surface area contributed by atoms with Gasteiger partial charge in [-0.05, 0) is 232 Å². The summed E-state index contributed by atoms with van der Waals surface area (Å²) in [6, 6.07) is 20.5. The number of ether oxygens (including phenoxy) is 1. The molecule has 2 unspecified atom stereocenters. The Bertz CT molecular complexity index is 4400. The van der Waals surface area contributed by atoms with Crippen LogP contribution in [0.1, 0.15) is 216 Å². The van der Waals surface area contributed by atoms with Crippen LogP contribution in [-0.4, -0.2) is 46.0 Å². The molecule has 5 aliphatic heterocycles. The van der Waals surface area contributed by atoms with Crippen molar-refractivity contribution in [2.75, 3.05) is 0 Å². The number of para-hydroxylation sites is 1. The zero-order chi connectivity index (χ0) is 59.6. The molecule has 0 saturated heterocycles. The van der Waals surface area contributed by atoms with E-state index in [2.05, 4.69) is 204 Å². The van der Waals surface area contributed by atoms with Gasteiger partial charge in [-0.2, -0.15) is 0 Å². The van der Waals surface area contributed by atoms with Crippen LogP contribution in [0.3, 0.4) is 0 Å². The quantitative estimate of drug-likeness (QED) is 0.109. The Hall–Kier alpha value is -8.30. The van der Waals surface area contributed by atoms with Crippen LogP contribution in [-0.2, 0) is 25.7 Å². The predicted molar refractivity (Wildman–Crippen MR) is 359 cm³/mol. The number of nitrogens with one attached hydrogen (secondary N) is 4. The van der Waals surface area contributed by atoms with Gasteiger partial charge in [0.1, 0.15) is 11.9 Å². The highest BCUT2D eigenvalue weighted by Gasteiger charge is 2.41. The van der Waals surface area contributed by atoms with Crippen molar-refractivity contribution in [2.24, 2.45) is 0 Å². The smallest absolute Gasteiger partial charge is 0.135 e. The van der Waals surface area contributed by atoms with Crippen molar-refractivity contribution in [3.63, 3.8) is 0 Å². The van der Waals surface area contributed by atoms with Gasteiger partial charge in [-0.3, -0.25) is 0 Å². The van der Waals surface area contributed by atoms with E-state index in [0.717, 1.165) is 175 Å². The van der Waals surface area contributed by atoms with E-state index in [4.69, 9.17) is 24.7 Å². The third kappa shape index (κ3) is 8.52. The first-order valence-electron chi connectivity index (χ1n) is 31.6. The highest BCUT2D eigenvalue weighted by molar-refractivity contribution is 6.05. The summed E-state index contributed by atoms with van der Waals surface area (Å²) in [5, 5.41) is 0. The van der Waals surface area contributed by atoms with Gasteiger partial charge in [-0.1, -0.05) is 91.8 Å². The number of H-pyrrole nitrogens is 4. The molecule has 85 heavy (non-hydrogen) atoms. The van der Waals surface area contributed by atoms with Gasteiger partial charge < -0.3 is 24.7 Å². The molecule has 6 aromatic heterocycles. The molecule has 0 spiro atoms. The normalized spacial score (nSPS) is 16.5. The number of aromatic amines is 4. The largest absolute Gasteiger partial charge is 0.484 e. The van der Waals surface area contributed by atoms with Gasteiger partial charge in [0.05, 0.1) is 56.6 Å². The zero-order valence-corrected chi connectivity index (χ0v) is 52.9. The number of rotatable bonds is 10. The number of hydrogen-bond acceptors (Lipinski definition) is 5. The van der Waals surface area contributed by atoms with E-state index in [9.17, 15) is 0 Å². The Morgan fingerprint density at radius 3 is 1.29 bits per heavy atom. The fourth-order valence-electron chi connectivity index (χ4n) is 15.4. The summed E-state index contributed by atoms with van der Waals surface area (Å²) in [7, 11) is 0. The molecule has 9 heteroatoms. The molecule has 2 atom stereocenters. The topological polar surface area (TPSA) is 124 Å². The molecule has 1 aromatic carbocycles. The lowest BCUT2D eigenvalue weighted by Crippen LogP contribution is -2.22. The maximum atomic E-state index is 7.85. The molecule has 0 saturated carbocycles. The lowest BCUT2D eigenvalue weighted by Gasteiger charge is -2.24. The molecule has 1 aliphatic carbocycles. The number of benzene rings is 1. The first-order chi connectivity index (χ1) is 41.1. The molecule has 0 fully saturated rings. The molecule has 11 heterocycles. The van der Waals surface area contributed by atoms with Crippen molar-refractivity contribution in [1.82, 2.24) is 39.9 Å². The number of nitrogens with zero attached hydrogens (tertiary/aromatic N) is 4. The van der Waals surface area contributed by atoms with Crippen LogP contribution in [0.2, 0.25) is 0 Å². The SMILES string of the molecule is CCC1=C(C)c2cc3[nH]c(c(C)c3CC)c(C3=CC=CC4c5cccc(-c6c7nc(cc8[nH]c(cc9[nH]c(cc%10nc6C(C)=C%10CC)c(C)c9CC)c(CC)c8C)C(CC)=C7C)c5OC34)c3[nH]c(cc4nc(cc1n2)C(CC)=C4C)c(CC)c3C. The highest BCUT2D eigenvalue weighted by atomic mass is 16.5. The molecule has 0 radical (unpaired) electrons. The molecule has 0 amide bonds. The Morgan fingerprint density at radius 2 is 0.835 bits per heavy atom. The van der Waals surface area contributed by atoms with Crippen LogP contribution in [0.5, 0.6) is 5.75 Å². The Kier molecular flexibility index (Phi) is 14.0. The average molecular weight is 1120 g/mol. The summed E-state index contributed by atoms with van der Waals surface area (Å²) >= 11 is 0. The monoisotopic (exact) mass is 1120 g/mol. The van der Waals surface area contributed by atoms with Gasteiger partial charge in [0.2, 0.25) is 0 Å². The standard InChI is InChI=1S/C76H82N8O/c1-17-45-37(9)57-31-65-49(21-5)41(13)71(81-65)69(72-42(14)50(22-6)66(82-72)32-58-38(10)46(18-2)62(78-58)35-61(45)77-57)55-29-25-27-53-54-28-26-30-56(76(54)85-75(53)55)70-73-43(15)51(23-7)67(83-73)33-59-39(11)47(19-3)63(79-59)36-64-48(20-4)40(12)60(80-64)34-68-52(24-8)44(16)74(70)84-68/h25-36,53,75,79-82H,17-24H2,1-16H3. The lowest BCUT2D eigenvalue weighted by atomic mass is 9.82. The van der Waals surface area contributed by atoms with Crippen LogP contribution in [0.4, 0.5) is 0 Å². The van der Waals surface area contributed by atoms with E-state index < -0.39 is 0 Å². The Morgan fingerprint density at radius 1 is 0.412 bits per heavy atom. The van der Waals surface area contributed by atoms with Crippen LogP contribution in [0, 0.1) is 27.7 Å². The van der Waals surface area contributed by atoms with Crippen LogP contribution < -0.4 is 4.74 Å². The van der Waals surface area contributed by atoms with Crippen LogP contribution >= 0.6 is 0 Å². The minimum atomic E-state index is -0.355. The van der Waals surface area contributed by atoms with Crippen LogP contribution in [0.25, 0.3) is 105 Å². The van der Waals surface area contributed by atoms with Crippen molar-refractivity contribution >= 4 is 94.3 Å². The van der Waals surface area contributed by atoms with Gasteiger partial charge in [0.25, 0.3) is 0 Å². The summed E-state index contributed by atoms with van der Waals surface area (Å²) in [4.78, 5) is 38.4. The lowest BCUT2D eigenvalue weighted by molar-refractivity contribution is 0.279. The summed E-state index contributed by atoms with van der Waals surface area (Å²) in [6.07, 6.45) is 13.6. The van der Waals surface area contributed by atoms with Gasteiger partial charge in [-0.25, -0.2) is 19.9 Å². The number of allylic oxidation sites excluding steroid dienone is 10. The molecule has 6 aliphatic rings. The number of aryl methyl sites for hydroxylation is 8. The van der Waals surface area contributed by atoms with Crippen molar-refractivity contribution in [3.05, 3.63) is 174 Å². The van der Waals surface area contributed by atoms with Gasteiger partial charge in [-0.15, -0.1) is 0 Å². The van der Waals surface area contributed by atoms with E-state index >= 15 is 0 Å². The number of fused-ring (bicyclic) bond motifs is 19. The summed E-state index contributed by atoms with van der Waals surface area (Å²) < 4.78 is 7.85. The second-order valence-electron chi connectivity index (χ2n) is 24.3. The summed E-state index contributed by atoms with van der Waals surface area (Å²) in [5.74, 6) is 0.805. The maximum absolute atomic E-state index is 7.85. The van der Waals surface area contributed by atoms with E-state index in [-0.39, 0.29) is 12.0 Å². The fourth-order valence-corrected chi connectivity index (χ4v) is 15.4. The van der Waals surface area contributed by atoms with Crippen molar-refractivity contribution in [3.8, 4) is 16.9 Å². The maximum Gasteiger partial charge on any atom is 0.135 e. The zero-order valence-electron chi connectivity index (χ0n) is 52.9. The second kappa shape index (κ2) is 21.3. The Balaban J connectivity index is 1.09. The van der Waals surface area contributed by atoms with E-state index in [1.54, 1.807) is 0 Å². The van der Waals surface area contributed by atoms with E-state index in [0.29, 0.717) is 0 Å². The summed E-state index contributed by atoms with van der Waals surface area (Å²) in [5.41, 5.74) is 42.1. The first kappa shape index (κ1) is 55.9. The molecule has 4 N–H and O–H groups in total. The van der Waals surface area contributed by atoms with E-state index in [1.165, 1.54) is 89.1 Å². The Labute approximate surface area is 501 Å². The van der Waals surface area contributed by atoms with Crippen LogP contribution in [0.15, 0.2) is 72.8 Å². The van der Waals surface area contributed by atoms with Crippen molar-refractivity contribution in [1.29, 1.82) is 0 Å². The molecule has 16 bridgehead atoms. The number of aromatic nitrogens is 8. The fraction of sp³-hybridized carbons (Fsp3) is 0.342. The van der Waals surface area contributed by atoms with Crippen molar-refractivity contribution < 1.29 is 4.74 Å². The molecule has 7 aromatic rings. The van der Waals surface area contributed by atoms with Gasteiger partial charge in [0.15, 0.2) is 0 Å². The van der Waals surface area contributed by atoms with Crippen molar-refractivity contribution in [2.45, 2.75) is 174 Å². The second-order valence-corrected chi connectivity index (χ2v) is 24.3. The minimum Gasteiger partial charge on any atom is -0.484 e. The molecule has 13 rings (SSSR count). The van der Waals surface area contributed by atoms with Gasteiger partial charge in [0, 0.05) is 66.8 Å². The third-order valence-electron chi connectivity index (χ3n) is 20.1. The predicted octanol–water partition coefficient (Wildman–Crippen LogP) is 20.0. The van der Waals surface area contributed by atoms with Gasteiger partial charge >= 0.3 is 0 Å². The molecular weight excluding hydrogens is 1040 g/mol. The molecule has 9 nitrogen and oxygen atoms in total. The third-order valence-corrected chi connectivity index (χ3v) is 20.1. The molecule has 432 valence electrons. The highest BCUT2D eigenvalue weighted by Crippen LogP contribution is 2.54. The van der Waals surface area contributed by atoms with E-state index in [1.807, 2.05) is 0 Å². The summed E-state index contributed by atoms with van der Waals surface area (Å²) in [6.45, 7) is 36.2. The average Bonchev–Trinajstić information content (AvgIpc) is 1.98.